The molecule has 0 saturated heterocycles. The number of hydrogen-bond acceptors (Lipinski definition) is 2. The van der Waals surface area contributed by atoms with Crippen molar-refractivity contribution in [1.29, 1.82) is 0 Å². The average Bonchev–Trinajstić information content (AvgIpc) is 2.20. The summed E-state index contributed by atoms with van der Waals surface area (Å²) in [6.45, 7) is -0.0676. The van der Waals surface area contributed by atoms with Crippen LogP contribution in [0.5, 0.6) is 0 Å². The van der Waals surface area contributed by atoms with Crippen LogP contribution < -0.4 is 5.73 Å². The minimum atomic E-state index is -4.38. The molecule has 0 aromatic heterocycles. The third-order valence-electron chi connectivity index (χ3n) is 2.19. The molecule has 0 aliphatic heterocycles. The second-order valence-electron chi connectivity index (χ2n) is 3.75. The number of benzene rings is 1. The zero-order chi connectivity index (χ0) is 13.1. The summed E-state index contributed by atoms with van der Waals surface area (Å²) < 4.78 is 53.0. The highest BCUT2D eigenvalue weighted by Crippen LogP contribution is 2.18. The van der Waals surface area contributed by atoms with Gasteiger partial charge in [0.25, 0.3) is 0 Å². The molecule has 1 rings (SSSR count). The van der Waals surface area contributed by atoms with E-state index in [4.69, 9.17) is 5.73 Å². The number of rotatable bonds is 4. The molecule has 0 heterocycles. The van der Waals surface area contributed by atoms with Crippen molar-refractivity contribution in [2.45, 2.75) is 19.1 Å². The molecule has 0 saturated carbocycles. The van der Waals surface area contributed by atoms with Gasteiger partial charge in [-0.3, -0.25) is 0 Å². The van der Waals surface area contributed by atoms with Crippen LogP contribution in [-0.2, 0) is 4.74 Å². The SMILES string of the molecule is Cc1ccc(C(N)COCC(F)(F)F)cc1F. The Labute approximate surface area is 96.4 Å². The Morgan fingerprint density at radius 2 is 2.00 bits per heavy atom. The minimum Gasteiger partial charge on any atom is -0.370 e. The standard InChI is InChI=1S/C11H13F4NO/c1-7-2-3-8(4-9(7)12)10(16)5-17-6-11(13,14)15/h2-4,10H,5-6,16H2,1H3. The number of aryl methyl sites for hydroxylation is 1. The number of ether oxygens (including phenoxy) is 1. The van der Waals surface area contributed by atoms with Crippen LogP contribution in [0.4, 0.5) is 17.6 Å². The fraction of sp³-hybridized carbons (Fsp3) is 0.455. The molecule has 0 aliphatic rings. The van der Waals surface area contributed by atoms with Gasteiger partial charge in [-0.2, -0.15) is 13.2 Å². The molecule has 1 atom stereocenters. The van der Waals surface area contributed by atoms with E-state index in [0.29, 0.717) is 11.1 Å². The monoisotopic (exact) mass is 251 g/mol. The van der Waals surface area contributed by atoms with Gasteiger partial charge in [0.1, 0.15) is 12.4 Å². The molecule has 0 bridgehead atoms. The molecule has 2 nitrogen and oxygen atoms in total. The van der Waals surface area contributed by atoms with Crippen LogP contribution in [0.15, 0.2) is 18.2 Å². The van der Waals surface area contributed by atoms with Gasteiger partial charge in [0.2, 0.25) is 0 Å². The number of nitrogens with two attached hydrogens (primary N) is 1. The first kappa shape index (κ1) is 13.9. The van der Waals surface area contributed by atoms with E-state index in [-0.39, 0.29) is 6.61 Å². The first-order valence-electron chi connectivity index (χ1n) is 4.96. The van der Waals surface area contributed by atoms with Gasteiger partial charge in [0.15, 0.2) is 0 Å². The third-order valence-corrected chi connectivity index (χ3v) is 2.19. The topological polar surface area (TPSA) is 35.2 Å². The quantitative estimate of drug-likeness (QED) is 0.835. The lowest BCUT2D eigenvalue weighted by molar-refractivity contribution is -0.174. The largest absolute Gasteiger partial charge is 0.411 e. The van der Waals surface area contributed by atoms with Crippen LogP contribution in [0.1, 0.15) is 17.2 Å². The number of halogens is 4. The van der Waals surface area contributed by atoms with E-state index in [1.54, 1.807) is 13.0 Å². The highest BCUT2D eigenvalue weighted by atomic mass is 19.4. The Morgan fingerprint density at radius 3 is 2.53 bits per heavy atom. The van der Waals surface area contributed by atoms with Gasteiger partial charge < -0.3 is 10.5 Å². The first-order chi connectivity index (χ1) is 7.79. The Bertz CT molecular complexity index is 378. The minimum absolute atomic E-state index is 0.304. The predicted molar refractivity (Wildman–Crippen MR) is 54.9 cm³/mol. The number of alkyl halides is 3. The zero-order valence-electron chi connectivity index (χ0n) is 9.22. The number of hydrogen-bond donors (Lipinski definition) is 1. The predicted octanol–water partition coefficient (Wildman–Crippen LogP) is 2.71. The molecule has 0 spiro atoms. The molecule has 0 aliphatic carbocycles. The van der Waals surface area contributed by atoms with E-state index in [1.165, 1.54) is 12.1 Å². The highest BCUT2D eigenvalue weighted by molar-refractivity contribution is 5.25. The zero-order valence-corrected chi connectivity index (χ0v) is 9.22. The summed E-state index contributed by atoms with van der Waals surface area (Å²) in [5.41, 5.74) is 6.45. The van der Waals surface area contributed by atoms with E-state index in [9.17, 15) is 17.6 Å². The Hall–Kier alpha value is -1.14. The third kappa shape index (κ3) is 4.70. The molecule has 17 heavy (non-hydrogen) atoms. The van der Waals surface area contributed by atoms with Crippen molar-refractivity contribution in [2.24, 2.45) is 5.73 Å². The second-order valence-corrected chi connectivity index (χ2v) is 3.75. The van der Waals surface area contributed by atoms with Crippen molar-refractivity contribution < 1.29 is 22.3 Å². The maximum absolute atomic E-state index is 13.2. The van der Waals surface area contributed by atoms with Crippen molar-refractivity contribution in [3.63, 3.8) is 0 Å². The molecule has 0 fully saturated rings. The van der Waals surface area contributed by atoms with Gasteiger partial charge in [-0.1, -0.05) is 12.1 Å². The fourth-order valence-electron chi connectivity index (χ4n) is 1.24. The van der Waals surface area contributed by atoms with Crippen LogP contribution in [0.3, 0.4) is 0 Å². The summed E-state index contributed by atoms with van der Waals surface area (Å²) in [6, 6.07) is 3.53. The molecule has 1 aromatic carbocycles. The average molecular weight is 251 g/mol. The van der Waals surface area contributed by atoms with Crippen LogP contribution >= 0.6 is 0 Å². The lowest BCUT2D eigenvalue weighted by atomic mass is 10.1. The van der Waals surface area contributed by atoms with Crippen LogP contribution in [0, 0.1) is 12.7 Å². The van der Waals surface area contributed by atoms with E-state index < -0.39 is 24.6 Å². The van der Waals surface area contributed by atoms with Crippen LogP contribution in [0.2, 0.25) is 0 Å². The molecule has 0 amide bonds. The molecular formula is C11H13F4NO. The van der Waals surface area contributed by atoms with Gasteiger partial charge in [-0.25, -0.2) is 4.39 Å². The maximum Gasteiger partial charge on any atom is 0.411 e. The van der Waals surface area contributed by atoms with E-state index in [1.807, 2.05) is 0 Å². The Balaban J connectivity index is 2.52. The Kier molecular flexibility index (Phi) is 4.47. The van der Waals surface area contributed by atoms with Gasteiger partial charge in [0.05, 0.1) is 12.6 Å². The smallest absolute Gasteiger partial charge is 0.370 e. The van der Waals surface area contributed by atoms with Gasteiger partial charge in [-0.05, 0) is 24.1 Å². The first-order valence-corrected chi connectivity index (χ1v) is 4.96. The fourth-order valence-corrected chi connectivity index (χ4v) is 1.24. The molecule has 1 unspecified atom stereocenters. The van der Waals surface area contributed by atoms with E-state index in [2.05, 4.69) is 4.74 Å². The lowest BCUT2D eigenvalue weighted by Gasteiger charge is -2.14. The maximum atomic E-state index is 13.2. The molecule has 6 heteroatoms. The molecule has 1 aromatic rings. The van der Waals surface area contributed by atoms with Crippen molar-refractivity contribution in [2.75, 3.05) is 13.2 Å². The normalized spacial score (nSPS) is 13.8. The Morgan fingerprint density at radius 1 is 1.35 bits per heavy atom. The van der Waals surface area contributed by atoms with E-state index >= 15 is 0 Å². The van der Waals surface area contributed by atoms with Crippen molar-refractivity contribution in [1.82, 2.24) is 0 Å². The summed E-state index contributed by atoms with van der Waals surface area (Å²) in [4.78, 5) is 0. The van der Waals surface area contributed by atoms with Gasteiger partial charge in [-0.15, -0.1) is 0 Å². The van der Waals surface area contributed by atoms with Crippen LogP contribution in [-0.4, -0.2) is 19.4 Å². The van der Waals surface area contributed by atoms with Crippen molar-refractivity contribution in [3.05, 3.63) is 35.1 Å². The summed E-state index contributed by atoms with van der Waals surface area (Å²) in [7, 11) is 0. The molecule has 2 N–H and O–H groups in total. The van der Waals surface area contributed by atoms with Crippen molar-refractivity contribution in [3.8, 4) is 0 Å². The van der Waals surface area contributed by atoms with E-state index in [0.717, 1.165) is 0 Å². The second kappa shape index (κ2) is 5.46. The van der Waals surface area contributed by atoms with Gasteiger partial charge >= 0.3 is 6.18 Å². The summed E-state index contributed by atoms with van der Waals surface area (Å²) >= 11 is 0. The summed E-state index contributed by atoms with van der Waals surface area (Å²) in [5.74, 6) is -0.436. The molecular weight excluding hydrogens is 238 g/mol. The molecule has 0 radical (unpaired) electrons. The lowest BCUT2D eigenvalue weighted by Crippen LogP contribution is -2.23. The summed E-state index contributed by atoms with van der Waals surface area (Å²) in [6.07, 6.45) is -4.38. The van der Waals surface area contributed by atoms with Crippen molar-refractivity contribution >= 4 is 0 Å². The molecule has 96 valence electrons. The summed E-state index contributed by atoms with van der Waals surface area (Å²) in [5, 5.41) is 0. The van der Waals surface area contributed by atoms with Gasteiger partial charge in [0, 0.05) is 0 Å². The highest BCUT2D eigenvalue weighted by Gasteiger charge is 2.27. The van der Waals surface area contributed by atoms with Crippen LogP contribution in [0.25, 0.3) is 0 Å².